The van der Waals surface area contributed by atoms with Crippen molar-refractivity contribution in [2.24, 2.45) is 5.73 Å². The molecule has 1 aromatic carbocycles. The van der Waals surface area contributed by atoms with E-state index >= 15 is 0 Å². The molecular weight excluding hydrogens is 335 g/mol. The highest BCUT2D eigenvalue weighted by Gasteiger charge is 2.33. The Morgan fingerprint density at radius 3 is 2.85 bits per heavy atom. The molecule has 2 heterocycles. The lowest BCUT2D eigenvalue weighted by Crippen LogP contribution is -2.53. The molecule has 2 N–H and O–H groups in total. The molecule has 1 fully saturated rings. The Bertz CT molecular complexity index is 791. The predicted octanol–water partition coefficient (Wildman–Crippen LogP) is 2.85. The number of hydrogen-bond acceptors (Lipinski definition) is 5. The van der Waals surface area contributed by atoms with E-state index in [4.69, 9.17) is 10.5 Å². The zero-order chi connectivity index (χ0) is 18.7. The van der Waals surface area contributed by atoms with E-state index in [2.05, 4.69) is 9.97 Å². The highest BCUT2D eigenvalue weighted by atomic mass is 19.1. The molecule has 0 aliphatic carbocycles. The summed E-state index contributed by atoms with van der Waals surface area (Å²) in [5.74, 6) is 0.224. The number of carbonyl (C=O) groups is 1. The number of piperidine rings is 1. The third kappa shape index (κ3) is 4.16. The van der Waals surface area contributed by atoms with Crippen molar-refractivity contribution in [2.75, 3.05) is 13.1 Å². The van der Waals surface area contributed by atoms with Crippen molar-refractivity contribution in [2.45, 2.75) is 38.1 Å². The molecule has 1 unspecified atom stereocenters. The van der Waals surface area contributed by atoms with Crippen molar-refractivity contribution in [3.05, 3.63) is 48.2 Å². The third-order valence-corrected chi connectivity index (χ3v) is 4.35. The monoisotopic (exact) mass is 358 g/mol. The maximum atomic E-state index is 13.4. The van der Waals surface area contributed by atoms with Gasteiger partial charge in [0.25, 0.3) is 0 Å². The Balaban J connectivity index is 1.82. The van der Waals surface area contributed by atoms with Gasteiger partial charge in [-0.05, 0) is 38.8 Å². The highest BCUT2D eigenvalue weighted by molar-refractivity contribution is 5.85. The fourth-order valence-corrected chi connectivity index (χ4v) is 3.13. The lowest BCUT2D eigenvalue weighted by Gasteiger charge is -2.36. The molecule has 6 nitrogen and oxygen atoms in total. The number of likely N-dealkylation sites (tertiary alicyclic amines) is 1. The van der Waals surface area contributed by atoms with Gasteiger partial charge in [-0.2, -0.15) is 0 Å². The topological polar surface area (TPSA) is 81.3 Å². The maximum absolute atomic E-state index is 13.4. The first-order valence-electron chi connectivity index (χ1n) is 8.67. The van der Waals surface area contributed by atoms with Crippen LogP contribution in [0.2, 0.25) is 0 Å². The van der Waals surface area contributed by atoms with Crippen LogP contribution in [0.3, 0.4) is 0 Å². The number of benzene rings is 1. The van der Waals surface area contributed by atoms with E-state index in [1.54, 1.807) is 37.1 Å². The van der Waals surface area contributed by atoms with Gasteiger partial charge in [-0.15, -0.1) is 0 Å². The van der Waals surface area contributed by atoms with Crippen molar-refractivity contribution >= 4 is 5.91 Å². The number of carbonyl (C=O) groups excluding carboxylic acids is 1. The number of halogens is 1. The minimum Gasteiger partial charge on any atom is -0.437 e. The van der Waals surface area contributed by atoms with Crippen molar-refractivity contribution in [3.63, 3.8) is 0 Å². The lowest BCUT2D eigenvalue weighted by atomic mass is 9.93. The lowest BCUT2D eigenvalue weighted by molar-refractivity contribution is -0.137. The first-order chi connectivity index (χ1) is 12.3. The summed E-state index contributed by atoms with van der Waals surface area (Å²) in [5, 5.41) is 0. The number of hydrogen-bond donors (Lipinski definition) is 1. The van der Waals surface area contributed by atoms with E-state index in [1.165, 1.54) is 18.3 Å². The van der Waals surface area contributed by atoms with Gasteiger partial charge in [0.05, 0.1) is 5.54 Å². The summed E-state index contributed by atoms with van der Waals surface area (Å²) in [5.41, 5.74) is 5.72. The third-order valence-electron chi connectivity index (χ3n) is 4.35. The molecule has 2 aromatic rings. The highest BCUT2D eigenvalue weighted by Crippen LogP contribution is 2.33. The Labute approximate surface area is 152 Å². The second-order valence-corrected chi connectivity index (χ2v) is 7.12. The smallest absolute Gasteiger partial charge is 0.242 e. The maximum Gasteiger partial charge on any atom is 0.242 e. The number of nitrogens with two attached hydrogens (primary N) is 1. The Morgan fingerprint density at radius 1 is 1.35 bits per heavy atom. The van der Waals surface area contributed by atoms with Crippen molar-refractivity contribution in [1.29, 1.82) is 0 Å². The molecule has 1 aliphatic heterocycles. The van der Waals surface area contributed by atoms with Crippen LogP contribution in [0.15, 0.2) is 36.7 Å². The average molecular weight is 358 g/mol. The van der Waals surface area contributed by atoms with Crippen LogP contribution in [0.25, 0.3) is 0 Å². The van der Waals surface area contributed by atoms with Crippen molar-refractivity contribution in [3.8, 4) is 11.6 Å². The van der Waals surface area contributed by atoms with Gasteiger partial charge >= 0.3 is 0 Å². The zero-order valence-electron chi connectivity index (χ0n) is 15.0. The summed E-state index contributed by atoms with van der Waals surface area (Å²) in [6.07, 6.45) is 4.85. The fourth-order valence-electron chi connectivity index (χ4n) is 3.13. The molecule has 0 spiro atoms. The zero-order valence-corrected chi connectivity index (χ0v) is 15.0. The Morgan fingerprint density at radius 2 is 2.12 bits per heavy atom. The van der Waals surface area contributed by atoms with Crippen LogP contribution in [0.5, 0.6) is 11.6 Å². The van der Waals surface area contributed by atoms with Crippen LogP contribution in [0.4, 0.5) is 4.39 Å². The molecule has 0 radical (unpaired) electrons. The first kappa shape index (κ1) is 18.3. The summed E-state index contributed by atoms with van der Waals surface area (Å²) in [4.78, 5) is 23.0. The van der Waals surface area contributed by atoms with Gasteiger partial charge in [-0.3, -0.25) is 9.78 Å². The summed E-state index contributed by atoms with van der Waals surface area (Å²) in [6.45, 7) is 4.60. The molecule has 3 rings (SSSR count). The number of rotatable bonds is 4. The van der Waals surface area contributed by atoms with Crippen LogP contribution in [0.1, 0.15) is 38.3 Å². The van der Waals surface area contributed by atoms with E-state index in [0.29, 0.717) is 30.4 Å². The molecular formula is C19H23FN4O2. The summed E-state index contributed by atoms with van der Waals surface area (Å²) in [7, 11) is 0. The number of aromatic nitrogens is 2. The van der Waals surface area contributed by atoms with Gasteiger partial charge in [0, 0.05) is 37.5 Å². The van der Waals surface area contributed by atoms with Gasteiger partial charge in [-0.25, -0.2) is 9.37 Å². The molecule has 1 aromatic heterocycles. The molecule has 0 bridgehead atoms. The second-order valence-electron chi connectivity index (χ2n) is 7.12. The second kappa shape index (κ2) is 7.37. The van der Waals surface area contributed by atoms with Gasteiger partial charge in [-0.1, -0.05) is 6.07 Å². The largest absolute Gasteiger partial charge is 0.437 e. The van der Waals surface area contributed by atoms with Gasteiger partial charge in [0.1, 0.15) is 17.3 Å². The van der Waals surface area contributed by atoms with Crippen LogP contribution in [-0.4, -0.2) is 39.4 Å². The molecule has 1 saturated heterocycles. The SMILES string of the molecule is CC(C)(N)C(=O)N1CCCC(c2nccnc2Oc2cccc(F)c2)C1. The normalized spacial score (nSPS) is 17.8. The number of ether oxygens (including phenoxy) is 1. The van der Waals surface area contributed by atoms with E-state index in [9.17, 15) is 9.18 Å². The molecule has 7 heteroatoms. The number of nitrogens with zero attached hydrogens (tertiary/aromatic N) is 3. The fraction of sp³-hybridized carbons (Fsp3) is 0.421. The van der Waals surface area contributed by atoms with Crippen LogP contribution in [0, 0.1) is 5.82 Å². The molecule has 1 aliphatic rings. The molecule has 0 saturated carbocycles. The summed E-state index contributed by atoms with van der Waals surface area (Å²) < 4.78 is 19.2. The summed E-state index contributed by atoms with van der Waals surface area (Å²) >= 11 is 0. The van der Waals surface area contributed by atoms with E-state index in [1.807, 2.05) is 0 Å². The van der Waals surface area contributed by atoms with E-state index in [-0.39, 0.29) is 17.6 Å². The average Bonchev–Trinajstić information content (AvgIpc) is 2.61. The van der Waals surface area contributed by atoms with Crippen LogP contribution >= 0.6 is 0 Å². The van der Waals surface area contributed by atoms with E-state index < -0.39 is 5.54 Å². The van der Waals surface area contributed by atoms with E-state index in [0.717, 1.165) is 12.8 Å². The van der Waals surface area contributed by atoms with Crippen molar-refractivity contribution < 1.29 is 13.9 Å². The van der Waals surface area contributed by atoms with Gasteiger partial charge in [0.2, 0.25) is 11.8 Å². The number of amides is 1. The van der Waals surface area contributed by atoms with Crippen LogP contribution < -0.4 is 10.5 Å². The van der Waals surface area contributed by atoms with Crippen LogP contribution in [-0.2, 0) is 4.79 Å². The van der Waals surface area contributed by atoms with Gasteiger partial charge in [0.15, 0.2) is 0 Å². The molecule has 26 heavy (non-hydrogen) atoms. The minimum atomic E-state index is -0.912. The molecule has 138 valence electrons. The predicted molar refractivity (Wildman–Crippen MR) is 95.3 cm³/mol. The van der Waals surface area contributed by atoms with Gasteiger partial charge < -0.3 is 15.4 Å². The minimum absolute atomic E-state index is 0.00712. The standard InChI is InChI=1S/C19H23FN4O2/c1-19(2,21)18(25)24-10-4-5-13(12-24)16-17(23-9-8-22-16)26-15-7-3-6-14(20)11-15/h3,6-9,11,13H,4-5,10,12,21H2,1-2H3. The molecule has 1 atom stereocenters. The van der Waals surface area contributed by atoms with Crippen molar-refractivity contribution in [1.82, 2.24) is 14.9 Å². The Kier molecular flexibility index (Phi) is 5.18. The first-order valence-corrected chi connectivity index (χ1v) is 8.67. The summed E-state index contributed by atoms with van der Waals surface area (Å²) in [6, 6.07) is 5.88. The quantitative estimate of drug-likeness (QED) is 0.909. The molecule has 1 amide bonds. The Hall–Kier alpha value is -2.54.